The van der Waals surface area contributed by atoms with E-state index < -0.39 is 11.6 Å². The van der Waals surface area contributed by atoms with Gasteiger partial charge in [0.2, 0.25) is 0 Å². The summed E-state index contributed by atoms with van der Waals surface area (Å²) >= 11 is 0. The summed E-state index contributed by atoms with van der Waals surface area (Å²) in [5.41, 5.74) is -0.0536. The predicted octanol–water partition coefficient (Wildman–Crippen LogP) is 1.41. The smallest absolute Gasteiger partial charge is 0.279 e. The number of carbonyl (C=O) groups is 1. The quantitative estimate of drug-likeness (QED) is 0.457. The molecular weight excluding hydrogens is 210 g/mol. The van der Waals surface area contributed by atoms with Crippen LogP contribution in [0.1, 0.15) is 6.92 Å². The van der Waals surface area contributed by atoms with E-state index in [0.29, 0.717) is 5.69 Å². The third-order valence-corrected chi connectivity index (χ3v) is 1.83. The highest BCUT2D eigenvalue weighted by molar-refractivity contribution is 6.68. The van der Waals surface area contributed by atoms with Gasteiger partial charge in [-0.15, -0.1) is 0 Å². The van der Waals surface area contributed by atoms with Crippen LogP contribution in [0.25, 0.3) is 0 Å². The van der Waals surface area contributed by atoms with E-state index in [-0.39, 0.29) is 5.71 Å². The number of benzene rings is 1. The molecule has 1 amide bonds. The molecule has 0 aliphatic heterocycles. The Labute approximate surface area is 91.9 Å². The Bertz CT molecular complexity index is 426. The van der Waals surface area contributed by atoms with Crippen LogP contribution in [-0.2, 0) is 4.79 Å². The van der Waals surface area contributed by atoms with E-state index in [4.69, 9.17) is 5.21 Å². The minimum Gasteiger partial charge on any atom is -0.792 e. The molecule has 0 unspecified atom stereocenters. The zero-order valence-corrected chi connectivity index (χ0v) is 8.54. The summed E-state index contributed by atoms with van der Waals surface area (Å²) < 4.78 is 0. The number of carbonyl (C=O) groups excluding carboxylic acids is 1. The maximum absolute atomic E-state index is 11.5. The van der Waals surface area contributed by atoms with Crippen LogP contribution in [0.15, 0.2) is 40.6 Å². The van der Waals surface area contributed by atoms with Crippen molar-refractivity contribution in [3.05, 3.63) is 35.5 Å². The number of nitrogens with one attached hydrogen (secondary N) is 1. The first kappa shape index (κ1) is 11.7. The van der Waals surface area contributed by atoms with Crippen LogP contribution in [-0.4, -0.2) is 22.5 Å². The second-order valence-corrected chi connectivity index (χ2v) is 2.95. The van der Waals surface area contributed by atoms with Crippen molar-refractivity contribution >= 4 is 23.0 Å². The maximum Gasteiger partial charge on any atom is 0.279 e. The van der Waals surface area contributed by atoms with Crippen LogP contribution in [0.4, 0.5) is 5.69 Å². The normalized spacial score (nSPS) is 12.3. The molecule has 6 heteroatoms. The van der Waals surface area contributed by atoms with Crippen LogP contribution < -0.4 is 5.32 Å². The van der Waals surface area contributed by atoms with Crippen molar-refractivity contribution in [3.63, 3.8) is 0 Å². The molecule has 0 saturated carbocycles. The van der Waals surface area contributed by atoms with Crippen LogP contribution in [0, 0.1) is 5.21 Å². The Morgan fingerprint density at radius 2 is 2.00 bits per heavy atom. The maximum atomic E-state index is 11.5. The standard InChI is InChI=1S/C10H11N3O3/c1-7(12-15)9(13-16)10(14)11-8-5-3-2-4-6-8/h2-6,15-16H,1H3,(H,11,14)/p-1/b12-7+,13-9-. The Hall–Kier alpha value is -2.37. The molecule has 0 atom stereocenters. The zero-order valence-electron chi connectivity index (χ0n) is 8.54. The Morgan fingerprint density at radius 3 is 2.50 bits per heavy atom. The second kappa shape index (κ2) is 5.50. The molecule has 0 saturated heterocycles. The molecule has 0 aromatic heterocycles. The Balaban J connectivity index is 2.80. The lowest BCUT2D eigenvalue weighted by atomic mass is 10.2. The van der Waals surface area contributed by atoms with Crippen molar-refractivity contribution < 1.29 is 10.0 Å². The molecule has 0 aliphatic carbocycles. The zero-order chi connectivity index (χ0) is 12.0. The van der Waals surface area contributed by atoms with Crippen molar-refractivity contribution in [1.82, 2.24) is 0 Å². The molecule has 0 bridgehead atoms. The molecule has 0 aliphatic rings. The predicted molar refractivity (Wildman–Crippen MR) is 60.8 cm³/mol. The van der Waals surface area contributed by atoms with E-state index in [0.717, 1.165) is 0 Å². The average molecular weight is 220 g/mol. The van der Waals surface area contributed by atoms with Gasteiger partial charge in [-0.3, -0.25) is 4.79 Å². The highest BCUT2D eigenvalue weighted by Gasteiger charge is 2.14. The summed E-state index contributed by atoms with van der Waals surface area (Å²) in [6, 6.07) is 8.59. The van der Waals surface area contributed by atoms with Crippen LogP contribution in [0.3, 0.4) is 0 Å². The Morgan fingerprint density at radius 1 is 1.38 bits per heavy atom. The van der Waals surface area contributed by atoms with E-state index >= 15 is 0 Å². The van der Waals surface area contributed by atoms with Gasteiger partial charge < -0.3 is 20.9 Å². The summed E-state index contributed by atoms with van der Waals surface area (Å²) in [7, 11) is 0. The number of oxime groups is 1. The van der Waals surface area contributed by atoms with Gasteiger partial charge in [0.05, 0.1) is 5.71 Å². The van der Waals surface area contributed by atoms with Crippen molar-refractivity contribution in [3.8, 4) is 0 Å². The number of hydrogen-bond donors (Lipinski definition) is 2. The molecule has 6 nitrogen and oxygen atoms in total. The molecule has 1 rings (SSSR count). The SMILES string of the molecule is CC(=N\[O-])/C(=N/O)C(=O)Nc1ccccc1. The lowest BCUT2D eigenvalue weighted by Gasteiger charge is -2.07. The third kappa shape index (κ3) is 2.81. The van der Waals surface area contributed by atoms with Crippen LogP contribution in [0.2, 0.25) is 0 Å². The molecule has 0 heterocycles. The third-order valence-electron chi connectivity index (χ3n) is 1.83. The summed E-state index contributed by atoms with van der Waals surface area (Å²) in [6.45, 7) is 1.28. The molecule has 84 valence electrons. The molecular formula is C10H10N3O3-. The number of hydrogen-bond acceptors (Lipinski definition) is 5. The summed E-state index contributed by atoms with van der Waals surface area (Å²) in [6.07, 6.45) is 0. The van der Waals surface area contributed by atoms with E-state index in [2.05, 4.69) is 15.6 Å². The first-order chi connectivity index (χ1) is 7.69. The molecule has 1 aromatic rings. The summed E-state index contributed by atoms with van der Waals surface area (Å²) in [4.78, 5) is 11.5. The minimum atomic E-state index is -0.689. The van der Waals surface area contributed by atoms with Crippen LogP contribution in [0.5, 0.6) is 0 Å². The first-order valence-electron chi connectivity index (χ1n) is 4.44. The topological polar surface area (TPSA) is 97.1 Å². The minimum absolute atomic E-state index is 0.184. The average Bonchev–Trinajstić information content (AvgIpc) is 2.31. The van der Waals surface area contributed by atoms with Gasteiger partial charge in [-0.25, -0.2) is 0 Å². The van der Waals surface area contributed by atoms with Gasteiger partial charge in [0.15, 0.2) is 5.71 Å². The number of anilines is 1. The van der Waals surface area contributed by atoms with E-state index in [1.54, 1.807) is 30.3 Å². The largest absolute Gasteiger partial charge is 0.792 e. The van der Waals surface area contributed by atoms with E-state index in [9.17, 15) is 10.0 Å². The van der Waals surface area contributed by atoms with Crippen molar-refractivity contribution in [2.24, 2.45) is 10.3 Å². The van der Waals surface area contributed by atoms with Gasteiger partial charge in [-0.1, -0.05) is 23.4 Å². The fourth-order valence-electron chi connectivity index (χ4n) is 1.04. The monoisotopic (exact) mass is 220 g/mol. The fraction of sp³-hybridized carbons (Fsp3) is 0.100. The lowest BCUT2D eigenvalue weighted by Crippen LogP contribution is -2.28. The summed E-state index contributed by atoms with van der Waals surface area (Å²) in [5.74, 6) is -0.689. The fourth-order valence-corrected chi connectivity index (χ4v) is 1.04. The molecule has 16 heavy (non-hydrogen) atoms. The second-order valence-electron chi connectivity index (χ2n) is 2.95. The highest BCUT2D eigenvalue weighted by Crippen LogP contribution is 2.05. The van der Waals surface area contributed by atoms with Gasteiger partial charge in [0, 0.05) is 5.69 Å². The van der Waals surface area contributed by atoms with Gasteiger partial charge in [0.25, 0.3) is 5.91 Å². The number of rotatable bonds is 3. The first-order valence-corrected chi connectivity index (χ1v) is 4.44. The molecule has 0 fully saturated rings. The Kier molecular flexibility index (Phi) is 4.02. The van der Waals surface area contributed by atoms with Crippen molar-refractivity contribution in [2.45, 2.75) is 6.92 Å². The number of nitrogens with zero attached hydrogens (tertiary/aromatic N) is 2. The molecule has 0 spiro atoms. The van der Waals surface area contributed by atoms with Gasteiger partial charge >= 0.3 is 0 Å². The highest BCUT2D eigenvalue weighted by atomic mass is 16.4. The van der Waals surface area contributed by atoms with Gasteiger partial charge in [0.1, 0.15) is 0 Å². The molecule has 0 radical (unpaired) electrons. The van der Waals surface area contributed by atoms with Gasteiger partial charge in [-0.2, -0.15) is 0 Å². The molecule has 1 aromatic carbocycles. The van der Waals surface area contributed by atoms with Gasteiger partial charge in [-0.05, 0) is 19.1 Å². The van der Waals surface area contributed by atoms with E-state index in [1.165, 1.54) is 6.92 Å². The number of para-hydroxylation sites is 1. The lowest BCUT2D eigenvalue weighted by molar-refractivity contribution is -0.110. The van der Waals surface area contributed by atoms with E-state index in [1.807, 2.05) is 0 Å². The van der Waals surface area contributed by atoms with Crippen molar-refractivity contribution in [2.75, 3.05) is 5.32 Å². The van der Waals surface area contributed by atoms with Crippen molar-refractivity contribution in [1.29, 1.82) is 0 Å². The number of amides is 1. The molecule has 2 N–H and O–H groups in total. The van der Waals surface area contributed by atoms with Crippen LogP contribution >= 0.6 is 0 Å². The summed E-state index contributed by atoms with van der Waals surface area (Å²) in [5, 5.41) is 26.5.